The van der Waals surface area contributed by atoms with E-state index < -0.39 is 0 Å². The van der Waals surface area contributed by atoms with E-state index >= 15 is 0 Å². The third-order valence-corrected chi connectivity index (χ3v) is 1.18. The van der Waals surface area contributed by atoms with Crippen LogP contribution in [0.15, 0.2) is 17.3 Å². The summed E-state index contributed by atoms with van der Waals surface area (Å²) in [6, 6.07) is 0. The molecule has 0 saturated heterocycles. The van der Waals surface area contributed by atoms with Gasteiger partial charge in [-0.1, -0.05) is 0 Å². The van der Waals surface area contributed by atoms with E-state index in [1.165, 1.54) is 0 Å². The van der Waals surface area contributed by atoms with Gasteiger partial charge in [-0.15, -0.1) is 0 Å². The molecule has 0 unspecified atom stereocenters. The maximum Gasteiger partial charge on any atom is 0.0378 e. The van der Waals surface area contributed by atoms with Crippen molar-refractivity contribution in [1.82, 2.24) is 0 Å². The van der Waals surface area contributed by atoms with E-state index in [0.717, 1.165) is 6.42 Å². The van der Waals surface area contributed by atoms with E-state index in [0.29, 0.717) is 0 Å². The molecule has 0 aliphatic carbocycles. The van der Waals surface area contributed by atoms with Crippen molar-refractivity contribution in [2.24, 2.45) is 10.7 Å². The molecule has 0 spiro atoms. The van der Waals surface area contributed by atoms with E-state index in [2.05, 4.69) is 4.99 Å². The van der Waals surface area contributed by atoms with Crippen molar-refractivity contribution in [2.45, 2.75) is 18.9 Å². The number of rotatable bonds is 0. The Balaban J connectivity index is 2.65. The lowest BCUT2D eigenvalue weighted by molar-refractivity contribution is 0.609. The number of hydrogen-bond acceptors (Lipinski definition) is 2. The molecule has 1 aliphatic heterocycles. The maximum absolute atomic E-state index is 5.70. The molecular formula is C6H10N2. The predicted molar refractivity (Wildman–Crippen MR) is 34.8 cm³/mol. The number of nitrogens with two attached hydrogens (primary N) is 1. The number of hydrogen-bond donors (Lipinski definition) is 1. The van der Waals surface area contributed by atoms with Crippen LogP contribution in [0.3, 0.4) is 0 Å². The van der Waals surface area contributed by atoms with Crippen LogP contribution in [0.1, 0.15) is 13.3 Å². The van der Waals surface area contributed by atoms with Crippen molar-refractivity contribution in [2.75, 3.05) is 0 Å². The lowest BCUT2D eigenvalue weighted by Gasteiger charge is -2.18. The molecule has 1 heterocycles. The lowest BCUT2D eigenvalue weighted by atomic mass is 9.99. The molecule has 0 bridgehead atoms. The van der Waals surface area contributed by atoms with Gasteiger partial charge >= 0.3 is 0 Å². The van der Waals surface area contributed by atoms with Crippen LogP contribution in [0.25, 0.3) is 0 Å². The van der Waals surface area contributed by atoms with Gasteiger partial charge in [0.25, 0.3) is 0 Å². The van der Waals surface area contributed by atoms with Gasteiger partial charge in [0, 0.05) is 24.4 Å². The minimum atomic E-state index is -0.151. The van der Waals surface area contributed by atoms with Gasteiger partial charge in [0.15, 0.2) is 0 Å². The summed E-state index contributed by atoms with van der Waals surface area (Å²) in [6.45, 7) is 1.98. The van der Waals surface area contributed by atoms with Crippen LogP contribution in [0.5, 0.6) is 0 Å². The molecule has 0 aromatic rings. The molecule has 0 aromatic heterocycles. The first-order valence-corrected chi connectivity index (χ1v) is 2.69. The first-order valence-electron chi connectivity index (χ1n) is 2.69. The second kappa shape index (κ2) is 1.71. The topological polar surface area (TPSA) is 38.4 Å². The quantitative estimate of drug-likeness (QED) is 0.489. The Hall–Kier alpha value is -0.630. The molecule has 1 atom stereocenters. The second-order valence-corrected chi connectivity index (χ2v) is 2.36. The Bertz CT molecular complexity index is 133. The highest BCUT2D eigenvalue weighted by molar-refractivity contribution is 5.62. The second-order valence-electron chi connectivity index (χ2n) is 2.36. The standard InChI is InChI=1S/C6H10N2/c1-6(7)2-4-8-5-3-6/h2,4-5H,3,7H2,1H3/t6-/m1/s1. The summed E-state index contributed by atoms with van der Waals surface area (Å²) < 4.78 is 0. The number of nitrogens with zero attached hydrogens (tertiary/aromatic N) is 1. The summed E-state index contributed by atoms with van der Waals surface area (Å²) in [5, 5.41) is 0. The van der Waals surface area contributed by atoms with Crippen molar-refractivity contribution >= 4 is 6.21 Å². The SMILES string of the molecule is C[C@@]1(N)C=CN=CC1. The van der Waals surface area contributed by atoms with Gasteiger partial charge in [0.05, 0.1) is 0 Å². The first-order chi connectivity index (χ1) is 3.71. The van der Waals surface area contributed by atoms with Crippen LogP contribution < -0.4 is 5.73 Å². The first kappa shape index (κ1) is 5.51. The smallest absolute Gasteiger partial charge is 0.0378 e. The normalized spacial score (nSPS) is 35.8. The largest absolute Gasteiger partial charge is 0.322 e. The summed E-state index contributed by atoms with van der Waals surface area (Å²) in [6.07, 6.45) is 6.33. The molecule has 0 radical (unpaired) electrons. The van der Waals surface area contributed by atoms with Crippen molar-refractivity contribution in [3.05, 3.63) is 12.3 Å². The van der Waals surface area contributed by atoms with Gasteiger partial charge in [-0.3, -0.25) is 4.99 Å². The lowest BCUT2D eigenvalue weighted by Crippen LogP contribution is -2.34. The van der Waals surface area contributed by atoms with Crippen LogP contribution in [0.4, 0.5) is 0 Å². The molecule has 2 heteroatoms. The van der Waals surface area contributed by atoms with E-state index in [1.807, 2.05) is 19.2 Å². The van der Waals surface area contributed by atoms with E-state index in [9.17, 15) is 0 Å². The molecule has 44 valence electrons. The molecule has 8 heavy (non-hydrogen) atoms. The molecule has 2 nitrogen and oxygen atoms in total. The summed E-state index contributed by atoms with van der Waals surface area (Å²) >= 11 is 0. The fourth-order valence-corrected chi connectivity index (χ4v) is 0.592. The van der Waals surface area contributed by atoms with Gasteiger partial charge in [-0.25, -0.2) is 0 Å². The maximum atomic E-state index is 5.70. The van der Waals surface area contributed by atoms with E-state index in [1.54, 1.807) is 6.20 Å². The summed E-state index contributed by atoms with van der Waals surface area (Å²) in [4.78, 5) is 3.89. The summed E-state index contributed by atoms with van der Waals surface area (Å²) in [5.41, 5.74) is 5.55. The van der Waals surface area contributed by atoms with Crippen molar-refractivity contribution < 1.29 is 0 Å². The Morgan fingerprint density at radius 2 is 2.50 bits per heavy atom. The van der Waals surface area contributed by atoms with Gasteiger partial charge < -0.3 is 5.73 Å². The zero-order chi connectivity index (χ0) is 6.04. The minimum Gasteiger partial charge on any atom is -0.322 e. The van der Waals surface area contributed by atoms with Crippen LogP contribution in [-0.4, -0.2) is 11.8 Å². The molecule has 0 amide bonds. The monoisotopic (exact) mass is 110 g/mol. The average molecular weight is 110 g/mol. The molecule has 0 saturated carbocycles. The van der Waals surface area contributed by atoms with E-state index in [4.69, 9.17) is 5.73 Å². The molecule has 0 aromatic carbocycles. The van der Waals surface area contributed by atoms with Crippen LogP contribution >= 0.6 is 0 Å². The molecule has 0 fully saturated rings. The highest BCUT2D eigenvalue weighted by Gasteiger charge is 2.13. The highest BCUT2D eigenvalue weighted by Crippen LogP contribution is 2.08. The van der Waals surface area contributed by atoms with Crippen molar-refractivity contribution in [1.29, 1.82) is 0 Å². The van der Waals surface area contributed by atoms with Gasteiger partial charge in [-0.2, -0.15) is 0 Å². The zero-order valence-electron chi connectivity index (χ0n) is 4.96. The van der Waals surface area contributed by atoms with Gasteiger partial charge in [0.2, 0.25) is 0 Å². The fraction of sp³-hybridized carbons (Fsp3) is 0.500. The van der Waals surface area contributed by atoms with Crippen molar-refractivity contribution in [3.8, 4) is 0 Å². The molecule has 2 N–H and O–H groups in total. The van der Waals surface area contributed by atoms with Crippen molar-refractivity contribution in [3.63, 3.8) is 0 Å². The Morgan fingerprint density at radius 1 is 1.75 bits per heavy atom. The van der Waals surface area contributed by atoms with Crippen LogP contribution in [0, 0.1) is 0 Å². The Morgan fingerprint density at radius 3 is 2.75 bits per heavy atom. The average Bonchev–Trinajstić information content (AvgIpc) is 1.65. The predicted octanol–water partition coefficient (Wildman–Crippen LogP) is 0.692. The Kier molecular flexibility index (Phi) is 1.18. The minimum absolute atomic E-state index is 0.151. The summed E-state index contributed by atoms with van der Waals surface area (Å²) in [7, 11) is 0. The highest BCUT2D eigenvalue weighted by atomic mass is 14.8. The third kappa shape index (κ3) is 1.17. The third-order valence-electron chi connectivity index (χ3n) is 1.18. The zero-order valence-corrected chi connectivity index (χ0v) is 4.96. The van der Waals surface area contributed by atoms with Gasteiger partial charge in [-0.05, 0) is 13.0 Å². The van der Waals surface area contributed by atoms with E-state index in [-0.39, 0.29) is 5.54 Å². The van der Waals surface area contributed by atoms with Crippen LogP contribution in [0.2, 0.25) is 0 Å². The molecular weight excluding hydrogens is 100 g/mol. The summed E-state index contributed by atoms with van der Waals surface area (Å²) in [5.74, 6) is 0. The van der Waals surface area contributed by atoms with Crippen LogP contribution in [-0.2, 0) is 0 Å². The van der Waals surface area contributed by atoms with Gasteiger partial charge in [0.1, 0.15) is 0 Å². The molecule has 1 aliphatic rings. The fourth-order valence-electron chi connectivity index (χ4n) is 0.592. The molecule has 1 rings (SSSR count). The Labute approximate surface area is 49.1 Å². The number of aliphatic imine (C=N–C) groups is 1.